The molecule has 0 bridgehead atoms. The zero-order valence-electron chi connectivity index (χ0n) is 19.4. The topological polar surface area (TPSA) is 79.3 Å². The van der Waals surface area contributed by atoms with Crippen LogP contribution in [0, 0.1) is 0 Å². The van der Waals surface area contributed by atoms with Crippen LogP contribution in [0.15, 0.2) is 66.8 Å². The van der Waals surface area contributed by atoms with Crippen LogP contribution in [-0.2, 0) is 9.59 Å². The first-order valence-corrected chi connectivity index (χ1v) is 11.5. The number of nitrogens with zero attached hydrogens (tertiary/aromatic N) is 2. The quantitative estimate of drug-likeness (QED) is 0.264. The lowest BCUT2D eigenvalue weighted by Crippen LogP contribution is -2.37. The number of hydrogen-bond acceptors (Lipinski definition) is 6. The lowest BCUT2D eigenvalue weighted by molar-refractivity contribution is -0.140. The Kier molecular flexibility index (Phi) is 7.33. The van der Waals surface area contributed by atoms with Gasteiger partial charge in [-0.3, -0.25) is 9.59 Å². The average molecular weight is 463 g/mol. The van der Waals surface area contributed by atoms with E-state index in [4.69, 9.17) is 9.47 Å². The summed E-state index contributed by atoms with van der Waals surface area (Å²) < 4.78 is 10.9. The fourth-order valence-corrected chi connectivity index (χ4v) is 4.55. The van der Waals surface area contributed by atoms with E-state index in [9.17, 15) is 14.7 Å². The van der Waals surface area contributed by atoms with Crippen LogP contribution in [0.1, 0.15) is 30.0 Å². The third-order valence-electron chi connectivity index (χ3n) is 6.30. The highest BCUT2D eigenvalue weighted by Crippen LogP contribution is 2.40. The number of aliphatic hydroxyl groups excluding tert-OH is 1. The van der Waals surface area contributed by atoms with Gasteiger partial charge >= 0.3 is 0 Å². The second-order valence-corrected chi connectivity index (χ2v) is 8.44. The maximum atomic E-state index is 13.2. The van der Waals surface area contributed by atoms with Gasteiger partial charge < -0.3 is 24.4 Å². The van der Waals surface area contributed by atoms with Gasteiger partial charge in [0.05, 0.1) is 18.7 Å². The Morgan fingerprint density at radius 2 is 1.82 bits per heavy atom. The number of benzene rings is 2. The van der Waals surface area contributed by atoms with E-state index in [0.717, 1.165) is 25.9 Å². The minimum Gasteiger partial charge on any atom is -0.507 e. The van der Waals surface area contributed by atoms with Crippen LogP contribution >= 0.6 is 0 Å². The molecule has 7 nitrogen and oxygen atoms in total. The molecule has 1 unspecified atom stereocenters. The molecule has 2 aliphatic heterocycles. The highest BCUT2D eigenvalue weighted by molar-refractivity contribution is 6.46. The number of Topliss-reactive ketones (excluding diaryl/α,β-unsaturated/α-hetero) is 1. The van der Waals surface area contributed by atoms with Gasteiger partial charge in [0.25, 0.3) is 11.7 Å². The van der Waals surface area contributed by atoms with Crippen LogP contribution in [0.25, 0.3) is 5.76 Å². The maximum Gasteiger partial charge on any atom is 0.295 e. The van der Waals surface area contributed by atoms with Crippen LogP contribution in [0.2, 0.25) is 0 Å². The second-order valence-electron chi connectivity index (χ2n) is 8.44. The van der Waals surface area contributed by atoms with Gasteiger partial charge in [-0.25, -0.2) is 0 Å². The SMILES string of the molecule is C=CCOc1cccc(C2/C(=C(\O)c3ccc(OC)cc3)C(=O)C(=O)N2CCN2CCCC2)c1. The Hall–Kier alpha value is -3.58. The van der Waals surface area contributed by atoms with Gasteiger partial charge in [0.15, 0.2) is 0 Å². The molecular formula is C27H30N2O5. The first-order valence-electron chi connectivity index (χ1n) is 11.5. The molecule has 2 fully saturated rings. The Balaban J connectivity index is 1.75. The Morgan fingerprint density at radius 3 is 2.50 bits per heavy atom. The molecular weight excluding hydrogens is 432 g/mol. The highest BCUT2D eigenvalue weighted by atomic mass is 16.5. The van der Waals surface area contributed by atoms with Gasteiger partial charge in [-0.1, -0.05) is 24.8 Å². The summed E-state index contributed by atoms with van der Waals surface area (Å²) in [7, 11) is 1.56. The first-order chi connectivity index (χ1) is 16.5. The minimum absolute atomic E-state index is 0.0810. The molecule has 0 aliphatic carbocycles. The zero-order valence-corrected chi connectivity index (χ0v) is 19.4. The lowest BCUT2D eigenvalue weighted by atomic mass is 9.95. The molecule has 4 rings (SSSR count). The number of aliphatic hydroxyl groups is 1. The number of carbonyl (C=O) groups excluding carboxylic acids is 2. The van der Waals surface area contributed by atoms with Crippen molar-refractivity contribution in [3.8, 4) is 11.5 Å². The third-order valence-corrected chi connectivity index (χ3v) is 6.30. The van der Waals surface area contributed by atoms with E-state index in [1.165, 1.54) is 0 Å². The minimum atomic E-state index is -0.711. The molecule has 1 amide bonds. The summed E-state index contributed by atoms with van der Waals surface area (Å²) >= 11 is 0. The summed E-state index contributed by atoms with van der Waals surface area (Å²) in [5.41, 5.74) is 1.23. The van der Waals surface area contributed by atoms with Gasteiger partial charge in [0.1, 0.15) is 23.9 Å². The van der Waals surface area contributed by atoms with Crippen LogP contribution < -0.4 is 9.47 Å². The standard InChI is InChI=1S/C27H30N2O5/c1-3-17-34-22-8-6-7-20(18-22)24-23(25(30)19-9-11-21(33-2)12-10-19)26(31)27(32)29(24)16-15-28-13-4-5-14-28/h3,6-12,18,24,30H,1,4-5,13-17H2,2H3/b25-23+. The number of amides is 1. The van der Waals surface area contributed by atoms with Gasteiger partial charge in [-0.2, -0.15) is 0 Å². The highest BCUT2D eigenvalue weighted by Gasteiger charge is 2.46. The summed E-state index contributed by atoms with van der Waals surface area (Å²) in [4.78, 5) is 30.2. The number of methoxy groups -OCH3 is 1. The van der Waals surface area contributed by atoms with Crippen molar-refractivity contribution >= 4 is 17.4 Å². The van der Waals surface area contributed by atoms with Crippen LogP contribution in [-0.4, -0.2) is 66.5 Å². The molecule has 1 atom stereocenters. The fourth-order valence-electron chi connectivity index (χ4n) is 4.55. The largest absolute Gasteiger partial charge is 0.507 e. The number of likely N-dealkylation sites (tertiary alicyclic amines) is 2. The van der Waals surface area contributed by atoms with Crippen molar-refractivity contribution in [2.45, 2.75) is 18.9 Å². The van der Waals surface area contributed by atoms with Gasteiger partial charge in [0.2, 0.25) is 0 Å². The van der Waals surface area contributed by atoms with E-state index in [-0.39, 0.29) is 11.3 Å². The van der Waals surface area contributed by atoms with E-state index in [1.807, 2.05) is 24.3 Å². The molecule has 2 saturated heterocycles. The first kappa shape index (κ1) is 23.6. The lowest BCUT2D eigenvalue weighted by Gasteiger charge is -2.27. The molecule has 0 saturated carbocycles. The van der Waals surface area contributed by atoms with Crippen molar-refractivity contribution in [2.75, 3.05) is 39.9 Å². The Labute approximate surface area is 199 Å². The zero-order chi connectivity index (χ0) is 24.1. The fraction of sp³-hybridized carbons (Fsp3) is 0.333. The summed E-state index contributed by atoms with van der Waals surface area (Å²) in [6.45, 7) is 7.07. The predicted octanol–water partition coefficient (Wildman–Crippen LogP) is 3.78. The van der Waals surface area contributed by atoms with Crippen molar-refractivity contribution in [3.63, 3.8) is 0 Å². The van der Waals surface area contributed by atoms with Crippen molar-refractivity contribution < 1.29 is 24.2 Å². The molecule has 7 heteroatoms. The van der Waals surface area contributed by atoms with Gasteiger partial charge in [-0.05, 0) is 67.9 Å². The Bertz CT molecular complexity index is 1090. The number of ketones is 1. The van der Waals surface area contributed by atoms with Crippen molar-refractivity contribution in [2.24, 2.45) is 0 Å². The number of hydrogen-bond donors (Lipinski definition) is 1. The van der Waals surface area contributed by atoms with Crippen molar-refractivity contribution in [1.82, 2.24) is 9.80 Å². The van der Waals surface area contributed by atoms with Crippen LogP contribution in [0.4, 0.5) is 0 Å². The third kappa shape index (κ3) is 4.84. The molecule has 2 aromatic rings. The average Bonchev–Trinajstić information content (AvgIpc) is 3.48. The maximum absolute atomic E-state index is 13.2. The van der Waals surface area contributed by atoms with Crippen LogP contribution in [0.3, 0.4) is 0 Å². The molecule has 2 aromatic carbocycles. The van der Waals surface area contributed by atoms with E-state index in [2.05, 4.69) is 11.5 Å². The summed E-state index contributed by atoms with van der Waals surface area (Å²) in [6, 6.07) is 13.3. The molecule has 1 N–H and O–H groups in total. The summed E-state index contributed by atoms with van der Waals surface area (Å²) in [6.07, 6.45) is 3.93. The van der Waals surface area contributed by atoms with Crippen molar-refractivity contribution in [3.05, 3.63) is 77.9 Å². The molecule has 2 aliphatic rings. The Morgan fingerprint density at radius 1 is 1.09 bits per heavy atom. The van der Waals surface area contributed by atoms with Crippen LogP contribution in [0.5, 0.6) is 11.5 Å². The van der Waals surface area contributed by atoms with Gasteiger partial charge in [0, 0.05) is 18.7 Å². The van der Waals surface area contributed by atoms with Gasteiger partial charge in [-0.15, -0.1) is 0 Å². The number of rotatable bonds is 9. The molecule has 0 spiro atoms. The molecule has 0 radical (unpaired) electrons. The number of ether oxygens (including phenoxy) is 2. The number of carbonyl (C=O) groups is 2. The van der Waals surface area contributed by atoms with E-state index >= 15 is 0 Å². The van der Waals surface area contributed by atoms with E-state index < -0.39 is 17.7 Å². The van der Waals surface area contributed by atoms with Crippen molar-refractivity contribution in [1.29, 1.82) is 0 Å². The smallest absolute Gasteiger partial charge is 0.295 e. The predicted molar refractivity (Wildman–Crippen MR) is 130 cm³/mol. The molecule has 34 heavy (non-hydrogen) atoms. The molecule has 178 valence electrons. The monoisotopic (exact) mass is 462 g/mol. The van der Waals surface area contributed by atoms with E-state index in [0.29, 0.717) is 42.3 Å². The summed E-state index contributed by atoms with van der Waals surface area (Å²) in [5.74, 6) is -0.251. The normalized spacial score (nSPS) is 20.0. The van der Waals surface area contributed by atoms with E-state index in [1.54, 1.807) is 42.4 Å². The second kappa shape index (κ2) is 10.6. The molecule has 2 heterocycles. The molecule has 0 aromatic heterocycles. The summed E-state index contributed by atoms with van der Waals surface area (Å²) in [5, 5.41) is 11.2.